The van der Waals surface area contributed by atoms with Crippen LogP contribution in [0.15, 0.2) is 30.3 Å². The van der Waals surface area contributed by atoms with Gasteiger partial charge in [-0.3, -0.25) is 15.5 Å². The van der Waals surface area contributed by atoms with Gasteiger partial charge >= 0.3 is 0 Å². The molecule has 0 atom stereocenters. The number of carbonyl (C=O) groups excluding carboxylic acids is 1. The predicted molar refractivity (Wildman–Crippen MR) is 95.8 cm³/mol. The van der Waals surface area contributed by atoms with Crippen molar-refractivity contribution in [2.45, 2.75) is 19.8 Å². The highest BCUT2D eigenvalue weighted by atomic mass is 32.1. The molecule has 1 amide bonds. The number of hydrazine groups is 1. The molecule has 1 fully saturated rings. The number of ether oxygens (including phenoxy) is 1. The first-order valence-corrected chi connectivity index (χ1v) is 8.18. The summed E-state index contributed by atoms with van der Waals surface area (Å²) in [5.41, 5.74) is 5.25. The number of nitrogens with one attached hydrogen (secondary N) is 2. The minimum absolute atomic E-state index is 0.247. The summed E-state index contributed by atoms with van der Waals surface area (Å²) in [6, 6.07) is 8.16. The lowest BCUT2D eigenvalue weighted by molar-refractivity contribution is -0.115. The topological polar surface area (TPSA) is 53.6 Å². The number of carbonyl (C=O) groups is 1. The fourth-order valence-electron chi connectivity index (χ4n) is 2.16. The van der Waals surface area contributed by atoms with Gasteiger partial charge in [0, 0.05) is 19.2 Å². The van der Waals surface area contributed by atoms with E-state index in [9.17, 15) is 4.79 Å². The van der Waals surface area contributed by atoms with Crippen molar-refractivity contribution >= 4 is 29.3 Å². The summed E-state index contributed by atoms with van der Waals surface area (Å²) in [4.78, 5) is 11.9. The number of hydrogen-bond donors (Lipinski definition) is 2. The summed E-state index contributed by atoms with van der Waals surface area (Å²) in [6.07, 6.45) is 3.26. The molecular weight excluding hydrogens is 310 g/mol. The Morgan fingerprint density at radius 1 is 1.26 bits per heavy atom. The standard InChI is InChI=1S/C17H23N3O2S/c1-13(2)15-6-3-14(4-7-15)5-8-16(21)18-17(23)19-20-9-11-22-12-10-20/h3-8,13H,9-12H2,1-2H3,(H2,18,19,21,23)/b8-5-. The smallest absolute Gasteiger partial charge is 0.250 e. The second kappa shape index (κ2) is 8.76. The Kier molecular flexibility index (Phi) is 6.70. The van der Waals surface area contributed by atoms with Gasteiger partial charge < -0.3 is 4.74 Å². The van der Waals surface area contributed by atoms with Crippen molar-refractivity contribution in [1.82, 2.24) is 15.8 Å². The Bertz CT molecular complexity index is 564. The van der Waals surface area contributed by atoms with E-state index < -0.39 is 0 Å². The van der Waals surface area contributed by atoms with Crippen LogP contribution in [0.4, 0.5) is 0 Å². The largest absolute Gasteiger partial charge is 0.379 e. The van der Waals surface area contributed by atoms with Gasteiger partial charge in [-0.15, -0.1) is 0 Å². The van der Waals surface area contributed by atoms with Crippen molar-refractivity contribution in [2.75, 3.05) is 26.3 Å². The molecule has 1 aliphatic heterocycles. The molecule has 0 radical (unpaired) electrons. The number of nitrogens with zero attached hydrogens (tertiary/aromatic N) is 1. The van der Waals surface area contributed by atoms with Gasteiger partial charge in [0.1, 0.15) is 0 Å². The van der Waals surface area contributed by atoms with E-state index >= 15 is 0 Å². The summed E-state index contributed by atoms with van der Waals surface area (Å²) >= 11 is 5.13. The van der Waals surface area contributed by atoms with Gasteiger partial charge in [-0.25, -0.2) is 5.01 Å². The molecule has 2 rings (SSSR count). The highest BCUT2D eigenvalue weighted by molar-refractivity contribution is 7.80. The zero-order chi connectivity index (χ0) is 16.7. The summed E-state index contributed by atoms with van der Waals surface area (Å²) in [5, 5.41) is 4.87. The summed E-state index contributed by atoms with van der Waals surface area (Å²) in [5.74, 6) is 0.253. The fourth-order valence-corrected chi connectivity index (χ4v) is 2.39. The van der Waals surface area contributed by atoms with E-state index in [2.05, 4.69) is 36.7 Å². The Morgan fingerprint density at radius 2 is 1.91 bits per heavy atom. The molecule has 5 nitrogen and oxygen atoms in total. The van der Waals surface area contributed by atoms with E-state index in [0.717, 1.165) is 18.7 Å². The molecule has 1 aromatic carbocycles. The SMILES string of the molecule is CC(C)c1ccc(/C=C\C(=O)NC(=S)NN2CCOCC2)cc1. The highest BCUT2D eigenvalue weighted by Gasteiger charge is 2.11. The summed E-state index contributed by atoms with van der Waals surface area (Å²) in [6.45, 7) is 7.12. The molecule has 6 heteroatoms. The fraction of sp³-hybridized carbons (Fsp3) is 0.412. The summed E-state index contributed by atoms with van der Waals surface area (Å²) < 4.78 is 5.25. The molecule has 0 saturated carbocycles. The monoisotopic (exact) mass is 333 g/mol. The van der Waals surface area contributed by atoms with Crippen molar-refractivity contribution < 1.29 is 9.53 Å². The molecule has 2 N–H and O–H groups in total. The average molecular weight is 333 g/mol. The quantitative estimate of drug-likeness (QED) is 0.652. The average Bonchev–Trinajstić information content (AvgIpc) is 2.54. The molecule has 0 aromatic heterocycles. The Morgan fingerprint density at radius 3 is 2.52 bits per heavy atom. The van der Waals surface area contributed by atoms with Crippen LogP contribution in [0.3, 0.4) is 0 Å². The third kappa shape index (κ3) is 6.09. The molecule has 0 unspecified atom stereocenters. The van der Waals surface area contributed by atoms with E-state index in [1.165, 1.54) is 11.6 Å². The van der Waals surface area contributed by atoms with Crippen LogP contribution in [-0.2, 0) is 9.53 Å². The molecule has 1 aromatic rings. The number of hydrogen-bond acceptors (Lipinski definition) is 4. The van der Waals surface area contributed by atoms with Crippen molar-refractivity contribution in [3.05, 3.63) is 41.5 Å². The first kappa shape index (κ1) is 17.6. The van der Waals surface area contributed by atoms with Crippen LogP contribution in [-0.4, -0.2) is 42.3 Å². The van der Waals surface area contributed by atoms with Crippen molar-refractivity contribution in [2.24, 2.45) is 0 Å². The predicted octanol–water partition coefficient (Wildman–Crippen LogP) is 2.06. The second-order valence-corrected chi connectivity index (χ2v) is 6.09. The molecular formula is C17H23N3O2S. The molecule has 124 valence electrons. The Labute approximate surface area is 142 Å². The van der Waals surface area contributed by atoms with E-state index in [0.29, 0.717) is 24.2 Å². The van der Waals surface area contributed by atoms with E-state index in [1.807, 2.05) is 17.1 Å². The van der Waals surface area contributed by atoms with Crippen molar-refractivity contribution in [3.63, 3.8) is 0 Å². The second-order valence-electron chi connectivity index (χ2n) is 5.68. The molecule has 0 bridgehead atoms. The van der Waals surface area contributed by atoms with E-state index in [1.54, 1.807) is 6.08 Å². The van der Waals surface area contributed by atoms with Crippen LogP contribution in [0.1, 0.15) is 30.9 Å². The van der Waals surface area contributed by atoms with Gasteiger partial charge in [0.2, 0.25) is 5.91 Å². The molecule has 23 heavy (non-hydrogen) atoms. The van der Waals surface area contributed by atoms with Gasteiger partial charge in [0.15, 0.2) is 5.11 Å². The first-order chi connectivity index (χ1) is 11.0. The first-order valence-electron chi connectivity index (χ1n) is 7.77. The van der Waals surface area contributed by atoms with Gasteiger partial charge in [0.05, 0.1) is 13.2 Å². The number of morpholine rings is 1. The molecule has 1 heterocycles. The minimum Gasteiger partial charge on any atom is -0.379 e. The van der Waals surface area contributed by atoms with Crippen LogP contribution in [0.2, 0.25) is 0 Å². The lowest BCUT2D eigenvalue weighted by Crippen LogP contribution is -2.52. The third-order valence-corrected chi connectivity index (χ3v) is 3.73. The molecule has 0 aliphatic carbocycles. The summed E-state index contributed by atoms with van der Waals surface area (Å²) in [7, 11) is 0. The highest BCUT2D eigenvalue weighted by Crippen LogP contribution is 2.15. The van der Waals surface area contributed by atoms with Crippen molar-refractivity contribution in [1.29, 1.82) is 0 Å². The Balaban J connectivity index is 1.79. The minimum atomic E-state index is -0.247. The van der Waals surface area contributed by atoms with E-state index in [4.69, 9.17) is 17.0 Å². The van der Waals surface area contributed by atoms with Crippen LogP contribution < -0.4 is 10.7 Å². The molecule has 1 saturated heterocycles. The normalized spacial score (nSPS) is 15.8. The van der Waals surface area contributed by atoms with Gasteiger partial charge in [0.25, 0.3) is 0 Å². The van der Waals surface area contributed by atoms with Gasteiger partial charge in [-0.05, 0) is 35.3 Å². The van der Waals surface area contributed by atoms with Crippen LogP contribution in [0.25, 0.3) is 6.08 Å². The zero-order valence-electron chi connectivity index (χ0n) is 13.5. The number of thiocarbonyl (C=S) groups is 1. The maximum Gasteiger partial charge on any atom is 0.250 e. The van der Waals surface area contributed by atoms with Gasteiger partial charge in [-0.2, -0.15) is 0 Å². The number of benzene rings is 1. The maximum absolute atomic E-state index is 11.9. The maximum atomic E-state index is 11.9. The van der Waals surface area contributed by atoms with Crippen LogP contribution in [0, 0.1) is 0 Å². The lowest BCUT2D eigenvalue weighted by atomic mass is 10.0. The Hall–Kier alpha value is -1.76. The van der Waals surface area contributed by atoms with Crippen molar-refractivity contribution in [3.8, 4) is 0 Å². The molecule has 1 aliphatic rings. The van der Waals surface area contributed by atoms with Crippen LogP contribution >= 0.6 is 12.2 Å². The molecule has 0 spiro atoms. The van der Waals surface area contributed by atoms with Gasteiger partial charge in [-0.1, -0.05) is 38.1 Å². The number of rotatable bonds is 4. The number of amides is 1. The van der Waals surface area contributed by atoms with E-state index in [-0.39, 0.29) is 5.91 Å². The zero-order valence-corrected chi connectivity index (χ0v) is 14.4. The lowest BCUT2D eigenvalue weighted by Gasteiger charge is -2.27. The third-order valence-electron chi connectivity index (χ3n) is 3.54. The van der Waals surface area contributed by atoms with Crippen LogP contribution in [0.5, 0.6) is 0 Å².